The van der Waals surface area contributed by atoms with Gasteiger partial charge in [0.05, 0.1) is 0 Å². The van der Waals surface area contributed by atoms with Crippen LogP contribution in [0.2, 0.25) is 0 Å². The number of hydrogen-bond donors (Lipinski definition) is 0. The molecule has 3 heteroatoms. The molecular weight excluding hydrogens is 258 g/mol. The van der Waals surface area contributed by atoms with E-state index in [2.05, 4.69) is 58.7 Å². The molecule has 0 saturated heterocycles. The quantitative estimate of drug-likeness (QED) is 0.796. The molecule has 0 fully saturated rings. The van der Waals surface area contributed by atoms with E-state index < -0.39 is 0 Å². The molecule has 0 N–H and O–H groups in total. The number of benzene rings is 1. The van der Waals surface area contributed by atoms with Crippen LogP contribution in [0.4, 0.5) is 0 Å². The van der Waals surface area contributed by atoms with Crippen molar-refractivity contribution in [3.8, 4) is 23.2 Å². The summed E-state index contributed by atoms with van der Waals surface area (Å²) >= 11 is 0. The predicted molar refractivity (Wildman–Crippen MR) is 85.4 cm³/mol. The van der Waals surface area contributed by atoms with Crippen LogP contribution in [0.25, 0.3) is 17.1 Å². The Hall–Kier alpha value is -2.60. The van der Waals surface area contributed by atoms with Crippen molar-refractivity contribution in [3.05, 3.63) is 54.4 Å². The lowest BCUT2D eigenvalue weighted by molar-refractivity contribution is 0.752. The lowest BCUT2D eigenvalue weighted by Gasteiger charge is -2.13. The largest absolute Gasteiger partial charge is 0.279 e. The molecule has 0 atom stereocenters. The van der Waals surface area contributed by atoms with E-state index in [0.717, 1.165) is 29.3 Å². The molecule has 0 unspecified atom stereocenters. The molecule has 2 aromatic rings. The number of aromatic nitrogens is 3. The van der Waals surface area contributed by atoms with Gasteiger partial charge in [-0.1, -0.05) is 56.0 Å². The van der Waals surface area contributed by atoms with Crippen molar-refractivity contribution in [3.63, 3.8) is 0 Å². The molecule has 0 spiro atoms. The van der Waals surface area contributed by atoms with Crippen molar-refractivity contribution in [1.29, 1.82) is 0 Å². The van der Waals surface area contributed by atoms with Crippen LogP contribution in [0.15, 0.2) is 48.6 Å². The molecular formula is C18H17N3. The highest BCUT2D eigenvalue weighted by Crippen LogP contribution is 2.26. The van der Waals surface area contributed by atoms with Crippen LogP contribution in [0.3, 0.4) is 0 Å². The average molecular weight is 275 g/mol. The molecule has 3 rings (SSSR count). The van der Waals surface area contributed by atoms with E-state index in [1.54, 1.807) is 0 Å². The third-order valence-corrected chi connectivity index (χ3v) is 3.35. The maximum Gasteiger partial charge on any atom is 0.168 e. The maximum atomic E-state index is 4.41. The van der Waals surface area contributed by atoms with Gasteiger partial charge in [0.25, 0.3) is 0 Å². The Balaban J connectivity index is 2.17. The van der Waals surface area contributed by atoms with Crippen LogP contribution in [-0.2, 0) is 0 Å². The summed E-state index contributed by atoms with van der Waals surface area (Å²) in [4.78, 5) is 0. The highest BCUT2D eigenvalue weighted by molar-refractivity contribution is 5.68. The van der Waals surface area contributed by atoms with Gasteiger partial charge in [0.2, 0.25) is 0 Å². The summed E-state index contributed by atoms with van der Waals surface area (Å²) in [7, 11) is 0. The first kappa shape index (κ1) is 13.4. The zero-order valence-corrected chi connectivity index (χ0v) is 12.2. The van der Waals surface area contributed by atoms with Gasteiger partial charge in [-0.15, -0.1) is 10.2 Å². The van der Waals surface area contributed by atoms with E-state index in [1.807, 2.05) is 30.4 Å². The fourth-order valence-electron chi connectivity index (χ4n) is 2.33. The molecule has 1 heterocycles. The predicted octanol–water partition coefficient (Wildman–Crippen LogP) is 3.87. The fraction of sp³-hybridized carbons (Fsp3) is 0.222. The van der Waals surface area contributed by atoms with Crippen LogP contribution in [0.5, 0.6) is 0 Å². The van der Waals surface area contributed by atoms with Crippen molar-refractivity contribution in [2.24, 2.45) is 0 Å². The smallest absolute Gasteiger partial charge is 0.168 e. The first-order chi connectivity index (χ1) is 10.3. The maximum absolute atomic E-state index is 4.41. The Labute approximate surface area is 125 Å². The molecule has 0 saturated carbocycles. The lowest BCUT2D eigenvalue weighted by atomic mass is 10.1. The summed E-state index contributed by atoms with van der Waals surface area (Å²) in [5.41, 5.74) is 2.14. The van der Waals surface area contributed by atoms with Gasteiger partial charge < -0.3 is 0 Å². The number of rotatable bonds is 3. The monoisotopic (exact) mass is 275 g/mol. The van der Waals surface area contributed by atoms with Crippen LogP contribution >= 0.6 is 0 Å². The van der Waals surface area contributed by atoms with Crippen LogP contribution in [0.1, 0.15) is 32.0 Å². The minimum absolute atomic E-state index is 0.299. The first-order valence-electron chi connectivity index (χ1n) is 7.13. The van der Waals surface area contributed by atoms with E-state index in [9.17, 15) is 0 Å². The molecule has 0 bridgehead atoms. The molecule has 0 radical (unpaired) electrons. The van der Waals surface area contributed by atoms with Gasteiger partial charge >= 0.3 is 0 Å². The van der Waals surface area contributed by atoms with Crippen molar-refractivity contribution in [1.82, 2.24) is 14.8 Å². The molecule has 1 aliphatic rings. The second-order valence-electron chi connectivity index (χ2n) is 5.23. The topological polar surface area (TPSA) is 30.7 Å². The second-order valence-corrected chi connectivity index (χ2v) is 5.23. The van der Waals surface area contributed by atoms with Gasteiger partial charge in [0.15, 0.2) is 5.82 Å². The number of nitrogens with zero attached hydrogens (tertiary/aromatic N) is 3. The Kier molecular flexibility index (Phi) is 3.70. The van der Waals surface area contributed by atoms with Gasteiger partial charge in [-0.2, -0.15) is 0 Å². The van der Waals surface area contributed by atoms with E-state index in [1.165, 1.54) is 0 Å². The Bertz CT molecular complexity index is 753. The zero-order valence-electron chi connectivity index (χ0n) is 12.2. The van der Waals surface area contributed by atoms with Crippen LogP contribution in [-0.4, -0.2) is 14.8 Å². The van der Waals surface area contributed by atoms with Crippen molar-refractivity contribution < 1.29 is 0 Å². The minimum atomic E-state index is 0.299. The second kappa shape index (κ2) is 5.80. The minimum Gasteiger partial charge on any atom is -0.279 e. The zero-order chi connectivity index (χ0) is 14.7. The van der Waals surface area contributed by atoms with Crippen molar-refractivity contribution in [2.45, 2.75) is 26.2 Å². The van der Waals surface area contributed by atoms with E-state index in [0.29, 0.717) is 5.92 Å². The Morgan fingerprint density at radius 1 is 1.14 bits per heavy atom. The van der Waals surface area contributed by atoms with Gasteiger partial charge in [-0.05, 0) is 18.2 Å². The summed E-state index contributed by atoms with van der Waals surface area (Å²) in [6.07, 6.45) is 6.78. The number of allylic oxidation sites excluding steroid dienone is 4. The molecule has 1 aromatic heterocycles. The van der Waals surface area contributed by atoms with Crippen molar-refractivity contribution >= 4 is 5.70 Å². The third kappa shape index (κ3) is 2.66. The van der Waals surface area contributed by atoms with Gasteiger partial charge in [0.1, 0.15) is 5.82 Å². The van der Waals surface area contributed by atoms with Gasteiger partial charge in [-0.25, -0.2) is 0 Å². The van der Waals surface area contributed by atoms with Crippen molar-refractivity contribution in [2.75, 3.05) is 0 Å². The summed E-state index contributed by atoms with van der Waals surface area (Å²) in [5, 5.41) is 8.81. The lowest BCUT2D eigenvalue weighted by Crippen LogP contribution is -2.05. The van der Waals surface area contributed by atoms with E-state index >= 15 is 0 Å². The standard InChI is InChI=1S/C18H17N3/c1-14(2)17-19-20-18(15-10-6-5-7-11-15)21(17)16-12-8-3-4-9-13-16/h5-8,10-14H,9H2,1-2H3. The third-order valence-electron chi connectivity index (χ3n) is 3.35. The number of hydrogen-bond acceptors (Lipinski definition) is 2. The molecule has 0 aliphatic heterocycles. The normalized spacial score (nSPS) is 13.6. The summed E-state index contributed by atoms with van der Waals surface area (Å²) < 4.78 is 2.13. The van der Waals surface area contributed by atoms with E-state index in [-0.39, 0.29) is 0 Å². The summed E-state index contributed by atoms with van der Waals surface area (Å²) in [6.45, 7) is 4.26. The van der Waals surface area contributed by atoms with Gasteiger partial charge in [0, 0.05) is 23.6 Å². The fourth-order valence-corrected chi connectivity index (χ4v) is 2.33. The summed E-state index contributed by atoms with van der Waals surface area (Å²) in [5.74, 6) is 8.23. The SMILES string of the molecule is CC(C)c1nnc(-c2ccccc2)n1C1=CCC#CC=C1. The Morgan fingerprint density at radius 2 is 1.95 bits per heavy atom. The van der Waals surface area contributed by atoms with Crippen LogP contribution in [0, 0.1) is 11.8 Å². The molecule has 1 aliphatic carbocycles. The molecule has 0 amide bonds. The van der Waals surface area contributed by atoms with E-state index in [4.69, 9.17) is 0 Å². The molecule has 21 heavy (non-hydrogen) atoms. The Morgan fingerprint density at radius 3 is 2.71 bits per heavy atom. The highest BCUT2D eigenvalue weighted by Gasteiger charge is 2.18. The van der Waals surface area contributed by atoms with Crippen LogP contribution < -0.4 is 0 Å². The molecule has 3 nitrogen and oxygen atoms in total. The average Bonchev–Trinajstić information content (AvgIpc) is 2.77. The molecule has 104 valence electrons. The van der Waals surface area contributed by atoms with Gasteiger partial charge in [-0.3, -0.25) is 4.57 Å². The molecule has 1 aromatic carbocycles. The highest BCUT2D eigenvalue weighted by atomic mass is 15.3. The summed E-state index contributed by atoms with van der Waals surface area (Å²) in [6, 6.07) is 10.2. The first-order valence-corrected chi connectivity index (χ1v) is 7.13.